The molecule has 0 aromatic carbocycles. The van der Waals surface area contributed by atoms with Gasteiger partial charge in [0.1, 0.15) is 5.71 Å². The Hall–Kier alpha value is -0.700. The average Bonchev–Trinajstić information content (AvgIpc) is 2.09. The van der Waals surface area contributed by atoms with E-state index in [1.807, 2.05) is 0 Å². The molecule has 0 N–H and O–H groups in total. The summed E-state index contributed by atoms with van der Waals surface area (Å²) in [5.74, 6) is 0. The van der Waals surface area contributed by atoms with Gasteiger partial charge in [-0.15, -0.1) is 0 Å². The molecule has 0 aromatic heterocycles. The third-order valence-electron chi connectivity index (χ3n) is 1.12. The molecule has 1 rings (SSSR count). The van der Waals surface area contributed by atoms with Crippen LogP contribution in [0.25, 0.3) is 0 Å². The lowest BCUT2D eigenvalue weighted by atomic mass is 10.3. The van der Waals surface area contributed by atoms with Gasteiger partial charge in [-0.1, -0.05) is 28.9 Å². The van der Waals surface area contributed by atoms with Crippen LogP contribution in [0.3, 0.4) is 0 Å². The van der Waals surface area contributed by atoms with Gasteiger partial charge in [0.25, 0.3) is 0 Å². The second kappa shape index (κ2) is 3.58. The van der Waals surface area contributed by atoms with Crippen LogP contribution < -0.4 is 0 Å². The van der Waals surface area contributed by atoms with E-state index in [4.69, 9.17) is 23.2 Å². The van der Waals surface area contributed by atoms with Gasteiger partial charge in [-0.3, -0.25) is 0 Å². The van der Waals surface area contributed by atoms with E-state index in [9.17, 15) is 13.2 Å². The molecule has 0 saturated carbocycles. The van der Waals surface area contributed by atoms with Crippen LogP contribution in [0.2, 0.25) is 0 Å². The fraction of sp³-hybridized carbons (Fsp3) is 0.143. The van der Waals surface area contributed by atoms with Crippen LogP contribution in [0.15, 0.2) is 33.1 Å². The van der Waals surface area contributed by atoms with Crippen LogP contribution in [0.5, 0.6) is 0 Å². The summed E-state index contributed by atoms with van der Waals surface area (Å²) in [6.07, 6.45) is -2.76. The van der Waals surface area contributed by atoms with Crippen LogP contribution in [0.4, 0.5) is 13.2 Å². The molecule has 13 heavy (non-hydrogen) atoms. The largest absolute Gasteiger partial charge is 0.433 e. The van der Waals surface area contributed by atoms with E-state index >= 15 is 0 Å². The summed E-state index contributed by atoms with van der Waals surface area (Å²) in [7, 11) is 0. The summed E-state index contributed by atoms with van der Waals surface area (Å²) in [5.41, 5.74) is 1.14. The van der Waals surface area contributed by atoms with Gasteiger partial charge < -0.3 is 0 Å². The zero-order chi connectivity index (χ0) is 10.1. The molecule has 6 heteroatoms. The number of aliphatic imine (C=N–C) groups is 1. The van der Waals surface area contributed by atoms with Crippen molar-refractivity contribution in [3.05, 3.63) is 28.1 Å². The maximum absolute atomic E-state index is 12.1. The zero-order valence-corrected chi connectivity index (χ0v) is 7.50. The Morgan fingerprint density at radius 3 is 2.38 bits per heavy atom. The number of hydrogen-bond acceptors (Lipinski definition) is 1. The topological polar surface area (TPSA) is 12.4 Å². The zero-order valence-electron chi connectivity index (χ0n) is 5.99. The predicted octanol–water partition coefficient (Wildman–Crippen LogP) is 3.36. The van der Waals surface area contributed by atoms with Crippen molar-refractivity contribution < 1.29 is 13.2 Å². The number of alkyl halides is 3. The van der Waals surface area contributed by atoms with Gasteiger partial charge in [-0.2, -0.15) is 13.2 Å². The molecular weight excluding hydrogens is 226 g/mol. The lowest BCUT2D eigenvalue weighted by molar-refractivity contribution is -0.0576. The quantitative estimate of drug-likeness (QED) is 0.445. The highest BCUT2D eigenvalue weighted by Crippen LogP contribution is 2.22. The van der Waals surface area contributed by atoms with Crippen molar-refractivity contribution in [2.24, 2.45) is 4.99 Å². The van der Waals surface area contributed by atoms with Gasteiger partial charge in [-0.25, -0.2) is 4.99 Å². The molecule has 1 nitrogen and oxygen atoms in total. The number of allylic oxidation sites excluding steroid dienone is 3. The average molecular weight is 228 g/mol. The summed E-state index contributed by atoms with van der Waals surface area (Å²) in [6.45, 7) is 0. The van der Waals surface area contributed by atoms with E-state index in [2.05, 4.69) is 10.7 Å². The van der Waals surface area contributed by atoms with Crippen molar-refractivity contribution in [3.8, 4) is 0 Å². The van der Waals surface area contributed by atoms with Crippen molar-refractivity contribution >= 4 is 28.9 Å². The van der Waals surface area contributed by atoms with Crippen molar-refractivity contribution in [2.45, 2.75) is 6.18 Å². The molecule has 1 aliphatic rings. The lowest BCUT2D eigenvalue weighted by Crippen LogP contribution is -2.20. The first-order chi connectivity index (χ1) is 5.89. The SMILES string of the molecule is FC(F)(F)C1=NC(Cl)=C=C(Cl)C=C1. The van der Waals surface area contributed by atoms with Gasteiger partial charge in [0.2, 0.25) is 0 Å². The van der Waals surface area contributed by atoms with Crippen LogP contribution in [0.1, 0.15) is 0 Å². The van der Waals surface area contributed by atoms with Gasteiger partial charge in [0.05, 0.1) is 5.03 Å². The first kappa shape index (κ1) is 10.4. The third kappa shape index (κ3) is 2.92. The maximum atomic E-state index is 12.1. The second-order valence-corrected chi connectivity index (χ2v) is 2.86. The highest BCUT2D eigenvalue weighted by molar-refractivity contribution is 6.34. The third-order valence-corrected chi connectivity index (χ3v) is 1.52. The van der Waals surface area contributed by atoms with E-state index in [1.165, 1.54) is 0 Å². The first-order valence-electron chi connectivity index (χ1n) is 3.05. The Morgan fingerprint density at radius 1 is 1.23 bits per heavy atom. The number of hydrogen-bond donors (Lipinski definition) is 0. The van der Waals surface area contributed by atoms with Crippen LogP contribution in [-0.4, -0.2) is 11.9 Å². The smallest absolute Gasteiger partial charge is 0.223 e. The molecular formula is C7H2Cl2F3N. The Balaban J connectivity index is 3.11. The number of rotatable bonds is 0. The van der Waals surface area contributed by atoms with Gasteiger partial charge >= 0.3 is 6.18 Å². The molecule has 0 aliphatic carbocycles. The molecule has 70 valence electrons. The molecule has 0 spiro atoms. The minimum Gasteiger partial charge on any atom is -0.223 e. The summed E-state index contributed by atoms with van der Waals surface area (Å²) >= 11 is 10.7. The van der Waals surface area contributed by atoms with E-state index in [1.54, 1.807) is 0 Å². The molecule has 1 heterocycles. The Morgan fingerprint density at radius 2 is 1.85 bits per heavy atom. The van der Waals surface area contributed by atoms with Gasteiger partial charge in [0.15, 0.2) is 5.16 Å². The summed E-state index contributed by atoms with van der Waals surface area (Å²) in [5, 5.41) is -0.435. The first-order valence-corrected chi connectivity index (χ1v) is 3.81. The molecule has 1 aliphatic heterocycles. The van der Waals surface area contributed by atoms with E-state index in [-0.39, 0.29) is 5.03 Å². The van der Waals surface area contributed by atoms with Crippen LogP contribution in [0, 0.1) is 0 Å². The molecule has 0 atom stereocenters. The normalized spacial score (nSPS) is 17.5. The molecule has 0 saturated heterocycles. The fourth-order valence-electron chi connectivity index (χ4n) is 0.621. The standard InChI is InChI=1S/C7H2Cl2F3N/c8-4-1-2-5(7(10,11)12)13-6(9)3-4/h1-2H. The fourth-order valence-corrected chi connectivity index (χ4v) is 1.01. The predicted molar refractivity (Wildman–Crippen MR) is 44.9 cm³/mol. The number of nitrogens with zero attached hydrogens (tertiary/aromatic N) is 1. The number of halogens is 5. The van der Waals surface area contributed by atoms with Crippen molar-refractivity contribution in [1.82, 2.24) is 0 Å². The Kier molecular flexibility index (Phi) is 2.86. The minimum absolute atomic E-state index is 0.0204. The Labute approximate surface area is 81.9 Å². The minimum atomic E-state index is -4.53. The van der Waals surface area contributed by atoms with Crippen molar-refractivity contribution in [3.63, 3.8) is 0 Å². The van der Waals surface area contributed by atoms with E-state index < -0.39 is 17.0 Å². The molecule has 0 bridgehead atoms. The highest BCUT2D eigenvalue weighted by Gasteiger charge is 2.34. The van der Waals surface area contributed by atoms with Crippen molar-refractivity contribution in [1.29, 1.82) is 0 Å². The molecule has 0 aromatic rings. The summed E-state index contributed by atoms with van der Waals surface area (Å²) < 4.78 is 36.3. The van der Waals surface area contributed by atoms with Crippen LogP contribution in [-0.2, 0) is 0 Å². The summed E-state index contributed by atoms with van der Waals surface area (Å²) in [4.78, 5) is 3.07. The second-order valence-electron chi connectivity index (χ2n) is 2.09. The maximum Gasteiger partial charge on any atom is 0.433 e. The van der Waals surface area contributed by atoms with Crippen molar-refractivity contribution in [2.75, 3.05) is 0 Å². The van der Waals surface area contributed by atoms with Gasteiger partial charge in [-0.05, 0) is 12.2 Å². The van der Waals surface area contributed by atoms with Gasteiger partial charge in [0, 0.05) is 0 Å². The lowest BCUT2D eigenvalue weighted by Gasteiger charge is -2.03. The molecule has 0 unspecified atom stereocenters. The van der Waals surface area contributed by atoms with E-state index in [0.717, 1.165) is 12.2 Å². The summed E-state index contributed by atoms with van der Waals surface area (Å²) in [6, 6.07) is 0. The Bertz CT molecular complexity index is 345. The van der Waals surface area contributed by atoms with Crippen LogP contribution >= 0.6 is 23.2 Å². The monoisotopic (exact) mass is 227 g/mol. The van der Waals surface area contributed by atoms with E-state index in [0.29, 0.717) is 0 Å². The molecule has 0 fully saturated rings. The molecule has 0 amide bonds. The highest BCUT2D eigenvalue weighted by atomic mass is 35.5. The molecule has 0 radical (unpaired) electrons.